The first-order valence-electron chi connectivity index (χ1n) is 7.15. The fraction of sp³-hybridized carbons (Fsp3) is 0.500. The molecular formula is C14H19F2N3O3S. The average molecular weight is 347 g/mol. The number of amides is 1. The van der Waals surface area contributed by atoms with Crippen LogP contribution in [0.4, 0.5) is 14.5 Å². The summed E-state index contributed by atoms with van der Waals surface area (Å²) < 4.78 is 52.5. The van der Waals surface area contributed by atoms with Gasteiger partial charge in [-0.15, -0.1) is 0 Å². The van der Waals surface area contributed by atoms with Crippen LogP contribution in [0.5, 0.6) is 0 Å². The van der Waals surface area contributed by atoms with Gasteiger partial charge in [-0.2, -0.15) is 0 Å². The molecule has 3 N–H and O–H groups in total. The van der Waals surface area contributed by atoms with Crippen molar-refractivity contribution in [3.8, 4) is 0 Å². The predicted octanol–water partition coefficient (Wildman–Crippen LogP) is 0.858. The minimum atomic E-state index is -4.11. The Hall–Kier alpha value is -1.58. The summed E-state index contributed by atoms with van der Waals surface area (Å²) in [5, 5.41) is 0. The number of nitrogens with one attached hydrogen (secondary N) is 1. The monoisotopic (exact) mass is 347 g/mol. The van der Waals surface area contributed by atoms with Gasteiger partial charge >= 0.3 is 0 Å². The molecule has 23 heavy (non-hydrogen) atoms. The van der Waals surface area contributed by atoms with E-state index in [9.17, 15) is 22.0 Å². The molecule has 0 aromatic heterocycles. The first kappa shape index (κ1) is 17.8. The lowest BCUT2D eigenvalue weighted by molar-refractivity contribution is -0.116. The molecule has 0 aliphatic carbocycles. The maximum atomic E-state index is 13.1. The van der Waals surface area contributed by atoms with Crippen LogP contribution in [0.2, 0.25) is 0 Å². The fourth-order valence-corrected chi connectivity index (χ4v) is 3.49. The molecule has 1 aliphatic rings. The van der Waals surface area contributed by atoms with Crippen LogP contribution in [0.3, 0.4) is 0 Å². The summed E-state index contributed by atoms with van der Waals surface area (Å²) in [5.41, 5.74) is 6.26. The van der Waals surface area contributed by atoms with E-state index in [-0.39, 0.29) is 10.8 Å². The number of carbonyl (C=O) groups excluding carboxylic acids is 1. The van der Waals surface area contributed by atoms with Crippen LogP contribution in [0.15, 0.2) is 23.1 Å². The molecule has 9 heteroatoms. The van der Waals surface area contributed by atoms with Crippen LogP contribution in [-0.4, -0.2) is 39.9 Å². The van der Waals surface area contributed by atoms with Gasteiger partial charge in [0, 0.05) is 19.2 Å². The third-order valence-corrected chi connectivity index (χ3v) is 5.08. The maximum absolute atomic E-state index is 13.1. The Morgan fingerprint density at radius 2 is 2.13 bits per heavy atom. The third kappa shape index (κ3) is 4.04. The molecule has 128 valence electrons. The van der Waals surface area contributed by atoms with Gasteiger partial charge in [-0.1, -0.05) is 6.07 Å². The van der Waals surface area contributed by atoms with Gasteiger partial charge in [0.25, 0.3) is 5.92 Å². The Morgan fingerprint density at radius 3 is 2.74 bits per heavy atom. The lowest BCUT2D eigenvalue weighted by Gasteiger charge is -2.29. The second kappa shape index (κ2) is 6.50. The van der Waals surface area contributed by atoms with Crippen LogP contribution >= 0.6 is 0 Å². The van der Waals surface area contributed by atoms with Crippen LogP contribution in [0, 0.1) is 0 Å². The van der Waals surface area contributed by atoms with E-state index in [1.165, 1.54) is 24.0 Å². The Labute approximate surface area is 133 Å². The normalized spacial score (nSPS) is 15.4. The number of halogens is 2. The zero-order valence-corrected chi connectivity index (χ0v) is 13.5. The second-order valence-corrected chi connectivity index (χ2v) is 7.22. The van der Waals surface area contributed by atoms with Gasteiger partial charge in [0.1, 0.15) is 0 Å². The van der Waals surface area contributed by atoms with E-state index in [4.69, 9.17) is 5.73 Å². The average Bonchev–Trinajstić information content (AvgIpc) is 2.52. The first-order chi connectivity index (χ1) is 10.7. The molecule has 0 fully saturated rings. The predicted molar refractivity (Wildman–Crippen MR) is 82.0 cm³/mol. The zero-order chi connectivity index (χ0) is 17.3. The number of anilines is 1. The van der Waals surface area contributed by atoms with Gasteiger partial charge in [0.05, 0.1) is 18.0 Å². The highest BCUT2D eigenvalue weighted by Crippen LogP contribution is 2.30. The molecule has 0 atom stereocenters. The van der Waals surface area contributed by atoms with Crippen LogP contribution in [0.25, 0.3) is 0 Å². The van der Waals surface area contributed by atoms with E-state index < -0.39 is 29.0 Å². The molecule has 0 saturated carbocycles. The molecule has 1 aromatic carbocycles. The van der Waals surface area contributed by atoms with E-state index in [1.54, 1.807) is 6.07 Å². The van der Waals surface area contributed by atoms with E-state index in [0.717, 1.165) is 18.4 Å². The molecule has 0 bridgehead atoms. The zero-order valence-electron chi connectivity index (χ0n) is 12.7. The lowest BCUT2D eigenvalue weighted by Crippen LogP contribution is -2.41. The Bertz CT molecular complexity index is 707. The Morgan fingerprint density at radius 1 is 1.43 bits per heavy atom. The molecule has 0 saturated heterocycles. The van der Waals surface area contributed by atoms with Gasteiger partial charge in [-0.05, 0) is 30.5 Å². The summed E-state index contributed by atoms with van der Waals surface area (Å²) in [4.78, 5) is 13.0. The summed E-state index contributed by atoms with van der Waals surface area (Å²) in [6, 6.07) is 4.31. The smallest absolute Gasteiger partial charge is 0.273 e. The van der Waals surface area contributed by atoms with Crippen molar-refractivity contribution in [3.05, 3.63) is 23.8 Å². The van der Waals surface area contributed by atoms with Gasteiger partial charge in [0.2, 0.25) is 15.9 Å². The van der Waals surface area contributed by atoms with Crippen LogP contribution < -0.4 is 15.4 Å². The number of rotatable bonds is 5. The number of hydrogen-bond acceptors (Lipinski definition) is 4. The van der Waals surface area contributed by atoms with Gasteiger partial charge in [-0.25, -0.2) is 21.9 Å². The van der Waals surface area contributed by atoms with Gasteiger partial charge in [0.15, 0.2) is 0 Å². The van der Waals surface area contributed by atoms with Crippen LogP contribution in [-0.2, 0) is 21.2 Å². The van der Waals surface area contributed by atoms with Crippen molar-refractivity contribution in [2.45, 2.75) is 30.6 Å². The largest absolute Gasteiger partial charge is 0.325 e. The third-order valence-electron chi connectivity index (χ3n) is 3.69. The van der Waals surface area contributed by atoms with Crippen molar-refractivity contribution in [1.29, 1.82) is 0 Å². The topological polar surface area (TPSA) is 92.5 Å². The summed E-state index contributed by atoms with van der Waals surface area (Å²) in [5.74, 6) is -3.50. The van der Waals surface area contributed by atoms with Crippen molar-refractivity contribution in [2.75, 3.05) is 24.5 Å². The molecule has 6 nitrogen and oxygen atoms in total. The number of nitrogens with two attached hydrogens (primary N) is 1. The number of aryl methyl sites for hydroxylation is 1. The summed E-state index contributed by atoms with van der Waals surface area (Å²) >= 11 is 0. The highest BCUT2D eigenvalue weighted by Gasteiger charge is 2.30. The fourth-order valence-electron chi connectivity index (χ4n) is 2.40. The van der Waals surface area contributed by atoms with Crippen LogP contribution in [0.1, 0.15) is 18.9 Å². The standard InChI is InChI=1S/C14H19F2N3O3S/c1-10(20)19-6-2-3-11-4-5-12(7-13(11)19)23(21,22)18-9-14(15,16)8-17/h4-5,7,18H,2-3,6,8-9,17H2,1H3. The Balaban J connectivity index is 2.30. The highest BCUT2D eigenvalue weighted by atomic mass is 32.2. The molecule has 1 aromatic rings. The second-order valence-electron chi connectivity index (χ2n) is 5.45. The van der Waals surface area contributed by atoms with Crippen molar-refractivity contribution in [2.24, 2.45) is 5.73 Å². The van der Waals surface area contributed by atoms with Crippen molar-refractivity contribution >= 4 is 21.6 Å². The Kier molecular flexibility index (Phi) is 5.02. The number of alkyl halides is 2. The maximum Gasteiger partial charge on any atom is 0.273 e. The number of sulfonamides is 1. The quantitative estimate of drug-likeness (QED) is 0.826. The van der Waals surface area contributed by atoms with Gasteiger partial charge in [-0.3, -0.25) is 4.79 Å². The molecular weight excluding hydrogens is 328 g/mol. The van der Waals surface area contributed by atoms with Crippen molar-refractivity contribution in [3.63, 3.8) is 0 Å². The summed E-state index contributed by atoms with van der Waals surface area (Å²) in [6.07, 6.45) is 1.53. The molecule has 2 rings (SSSR count). The van der Waals surface area contributed by atoms with Crippen molar-refractivity contribution in [1.82, 2.24) is 4.72 Å². The number of fused-ring (bicyclic) bond motifs is 1. The molecule has 0 radical (unpaired) electrons. The van der Waals surface area contributed by atoms with E-state index >= 15 is 0 Å². The molecule has 0 spiro atoms. The van der Waals surface area contributed by atoms with Crippen molar-refractivity contribution < 1.29 is 22.0 Å². The number of hydrogen-bond donors (Lipinski definition) is 2. The highest BCUT2D eigenvalue weighted by molar-refractivity contribution is 7.89. The lowest BCUT2D eigenvalue weighted by atomic mass is 10.0. The van der Waals surface area contributed by atoms with E-state index in [0.29, 0.717) is 12.2 Å². The molecule has 1 aliphatic heterocycles. The minimum Gasteiger partial charge on any atom is -0.325 e. The molecule has 1 amide bonds. The molecule has 0 unspecified atom stereocenters. The van der Waals surface area contributed by atoms with Gasteiger partial charge < -0.3 is 10.6 Å². The first-order valence-corrected chi connectivity index (χ1v) is 8.63. The number of carbonyl (C=O) groups is 1. The summed E-state index contributed by atoms with van der Waals surface area (Å²) in [7, 11) is -4.11. The SMILES string of the molecule is CC(=O)N1CCCc2ccc(S(=O)(=O)NCC(F)(F)CN)cc21. The minimum absolute atomic E-state index is 0.155. The number of benzene rings is 1. The van der Waals surface area contributed by atoms with E-state index in [2.05, 4.69) is 0 Å². The summed E-state index contributed by atoms with van der Waals surface area (Å²) in [6.45, 7) is -0.113. The molecule has 1 heterocycles. The number of nitrogens with zero attached hydrogens (tertiary/aromatic N) is 1. The van der Waals surface area contributed by atoms with E-state index in [1.807, 2.05) is 4.72 Å².